The van der Waals surface area contributed by atoms with Gasteiger partial charge in [0.25, 0.3) is 0 Å². The minimum Gasteiger partial charge on any atom is -0.481 e. The fourth-order valence-electron chi connectivity index (χ4n) is 4.27. The van der Waals surface area contributed by atoms with Crippen LogP contribution in [0.25, 0.3) is 0 Å². The number of ether oxygens (including phenoxy) is 2. The number of likely N-dealkylation sites (tertiary alicyclic amines) is 2. The van der Waals surface area contributed by atoms with Crippen LogP contribution in [0.1, 0.15) is 24.8 Å². The third-order valence-corrected chi connectivity index (χ3v) is 5.59. The van der Waals surface area contributed by atoms with E-state index in [0.717, 1.165) is 32.1 Å². The first-order valence-electron chi connectivity index (χ1n) is 8.55. The van der Waals surface area contributed by atoms with Gasteiger partial charge in [-0.05, 0) is 50.9 Å². The van der Waals surface area contributed by atoms with E-state index < -0.39 is 0 Å². The van der Waals surface area contributed by atoms with Crippen LogP contribution in [0.5, 0.6) is 5.88 Å². The lowest BCUT2D eigenvalue weighted by Gasteiger charge is -2.39. The lowest BCUT2D eigenvalue weighted by Crippen LogP contribution is -2.40. The van der Waals surface area contributed by atoms with Crippen molar-refractivity contribution in [2.45, 2.75) is 31.8 Å². The molecule has 5 nitrogen and oxygen atoms in total. The summed E-state index contributed by atoms with van der Waals surface area (Å²) in [6, 6.07) is 4.70. The number of aromatic nitrogens is 1. The molecule has 0 aliphatic carbocycles. The van der Waals surface area contributed by atoms with Gasteiger partial charge in [0.15, 0.2) is 0 Å². The van der Waals surface area contributed by atoms with Crippen LogP contribution in [0.2, 0.25) is 0 Å². The molecule has 23 heavy (non-hydrogen) atoms. The van der Waals surface area contributed by atoms with Crippen LogP contribution in [0.4, 0.5) is 0 Å². The van der Waals surface area contributed by atoms with Gasteiger partial charge in [-0.3, -0.25) is 4.90 Å². The van der Waals surface area contributed by atoms with Gasteiger partial charge in [-0.15, -0.1) is 0 Å². The van der Waals surface area contributed by atoms with Crippen molar-refractivity contribution in [2.75, 3.05) is 47.5 Å². The summed E-state index contributed by atoms with van der Waals surface area (Å²) in [5.41, 5.74) is 1.68. The largest absolute Gasteiger partial charge is 0.481 e. The lowest BCUT2D eigenvalue weighted by atomic mass is 9.76. The molecule has 0 saturated carbocycles. The highest BCUT2D eigenvalue weighted by Gasteiger charge is 2.43. The topological polar surface area (TPSA) is 37.8 Å². The first kappa shape index (κ1) is 16.7. The van der Waals surface area contributed by atoms with E-state index >= 15 is 0 Å². The maximum Gasteiger partial charge on any atom is 0.217 e. The number of methoxy groups -OCH3 is 2. The van der Waals surface area contributed by atoms with Gasteiger partial charge in [-0.25, -0.2) is 4.98 Å². The maximum absolute atomic E-state index is 5.38. The summed E-state index contributed by atoms with van der Waals surface area (Å²) < 4.78 is 10.8. The van der Waals surface area contributed by atoms with E-state index in [1.807, 2.05) is 13.2 Å². The summed E-state index contributed by atoms with van der Waals surface area (Å²) in [5.74, 6) is 0.758. The SMILES string of the molecule is COC[C@@H]1CC2(CCN(Cc3cccnc3OC)CC2)CN1C. The summed E-state index contributed by atoms with van der Waals surface area (Å²) in [7, 11) is 5.75. The minimum atomic E-state index is 0.494. The Morgan fingerprint density at radius 2 is 2.09 bits per heavy atom. The van der Waals surface area contributed by atoms with E-state index in [2.05, 4.69) is 27.9 Å². The fraction of sp³-hybridized carbons (Fsp3) is 0.722. The van der Waals surface area contributed by atoms with Crippen molar-refractivity contribution in [3.8, 4) is 5.88 Å². The Labute approximate surface area is 139 Å². The van der Waals surface area contributed by atoms with Gasteiger partial charge in [-0.2, -0.15) is 0 Å². The average Bonchev–Trinajstić information content (AvgIpc) is 2.86. The second kappa shape index (κ2) is 7.16. The predicted octanol–water partition coefficient (Wildman–Crippen LogP) is 2.02. The highest BCUT2D eigenvalue weighted by Crippen LogP contribution is 2.43. The number of nitrogens with zero attached hydrogens (tertiary/aromatic N) is 3. The van der Waals surface area contributed by atoms with Crippen LogP contribution in [0.15, 0.2) is 18.3 Å². The molecule has 1 aromatic heterocycles. The first-order chi connectivity index (χ1) is 11.2. The Bertz CT molecular complexity index is 515. The van der Waals surface area contributed by atoms with E-state index in [-0.39, 0.29) is 0 Å². The molecule has 3 rings (SSSR count). The Balaban J connectivity index is 1.57. The summed E-state index contributed by atoms with van der Waals surface area (Å²) in [4.78, 5) is 9.33. The van der Waals surface area contributed by atoms with Crippen LogP contribution in [-0.2, 0) is 11.3 Å². The normalized spacial score (nSPS) is 25.1. The number of hydrogen-bond donors (Lipinski definition) is 0. The molecule has 128 valence electrons. The second-order valence-corrected chi connectivity index (χ2v) is 7.18. The van der Waals surface area contributed by atoms with Gasteiger partial charge in [0.1, 0.15) is 0 Å². The molecule has 5 heteroatoms. The Morgan fingerprint density at radius 3 is 2.78 bits per heavy atom. The molecule has 1 spiro atoms. The molecule has 2 aliphatic rings. The maximum atomic E-state index is 5.38. The molecule has 2 aliphatic heterocycles. The summed E-state index contributed by atoms with van der Waals surface area (Å²) in [6.45, 7) is 5.32. The van der Waals surface area contributed by atoms with Crippen LogP contribution >= 0.6 is 0 Å². The van der Waals surface area contributed by atoms with Crippen molar-refractivity contribution >= 4 is 0 Å². The zero-order valence-electron chi connectivity index (χ0n) is 14.6. The molecule has 1 aromatic rings. The molecule has 0 unspecified atom stereocenters. The van der Waals surface area contributed by atoms with Crippen LogP contribution in [0.3, 0.4) is 0 Å². The molecular formula is C18H29N3O2. The van der Waals surface area contributed by atoms with Crippen molar-refractivity contribution in [2.24, 2.45) is 5.41 Å². The van der Waals surface area contributed by atoms with E-state index in [9.17, 15) is 0 Å². The number of rotatable bonds is 5. The Morgan fingerprint density at radius 1 is 1.30 bits per heavy atom. The van der Waals surface area contributed by atoms with E-state index in [1.165, 1.54) is 31.4 Å². The molecule has 3 heterocycles. The highest BCUT2D eigenvalue weighted by atomic mass is 16.5. The smallest absolute Gasteiger partial charge is 0.217 e. The Hall–Kier alpha value is -1.17. The number of piperidine rings is 1. The van der Waals surface area contributed by atoms with Crippen LogP contribution < -0.4 is 4.74 Å². The Kier molecular flexibility index (Phi) is 5.19. The second-order valence-electron chi connectivity index (χ2n) is 7.18. The molecule has 0 radical (unpaired) electrons. The monoisotopic (exact) mass is 319 g/mol. The molecule has 2 fully saturated rings. The molecule has 0 amide bonds. The van der Waals surface area contributed by atoms with E-state index in [1.54, 1.807) is 13.3 Å². The van der Waals surface area contributed by atoms with Gasteiger partial charge in [0, 0.05) is 38.0 Å². The molecular weight excluding hydrogens is 290 g/mol. The van der Waals surface area contributed by atoms with Gasteiger partial charge >= 0.3 is 0 Å². The predicted molar refractivity (Wildman–Crippen MR) is 90.6 cm³/mol. The van der Waals surface area contributed by atoms with Crippen molar-refractivity contribution in [1.29, 1.82) is 0 Å². The lowest BCUT2D eigenvalue weighted by molar-refractivity contribution is 0.104. The van der Waals surface area contributed by atoms with Crippen molar-refractivity contribution < 1.29 is 9.47 Å². The molecule has 2 saturated heterocycles. The van der Waals surface area contributed by atoms with E-state index in [4.69, 9.17) is 9.47 Å². The summed E-state index contributed by atoms with van der Waals surface area (Å²) in [5, 5.41) is 0. The van der Waals surface area contributed by atoms with Gasteiger partial charge < -0.3 is 14.4 Å². The van der Waals surface area contributed by atoms with Gasteiger partial charge in [0.2, 0.25) is 5.88 Å². The van der Waals surface area contributed by atoms with E-state index in [0.29, 0.717) is 11.5 Å². The number of hydrogen-bond acceptors (Lipinski definition) is 5. The quantitative estimate of drug-likeness (QED) is 0.830. The molecule has 0 aromatic carbocycles. The zero-order chi connectivity index (χ0) is 16.3. The number of pyridine rings is 1. The average molecular weight is 319 g/mol. The molecule has 0 bridgehead atoms. The number of likely N-dealkylation sites (N-methyl/N-ethyl adjacent to an activating group) is 1. The first-order valence-corrected chi connectivity index (χ1v) is 8.55. The van der Waals surface area contributed by atoms with Crippen molar-refractivity contribution in [1.82, 2.24) is 14.8 Å². The third kappa shape index (κ3) is 3.67. The minimum absolute atomic E-state index is 0.494. The van der Waals surface area contributed by atoms with Gasteiger partial charge in [0.05, 0.1) is 13.7 Å². The third-order valence-electron chi connectivity index (χ3n) is 5.59. The van der Waals surface area contributed by atoms with Crippen molar-refractivity contribution in [3.63, 3.8) is 0 Å². The molecule has 0 N–H and O–H groups in total. The van der Waals surface area contributed by atoms with Crippen molar-refractivity contribution in [3.05, 3.63) is 23.9 Å². The summed E-state index contributed by atoms with van der Waals surface area (Å²) >= 11 is 0. The fourth-order valence-corrected chi connectivity index (χ4v) is 4.27. The van der Waals surface area contributed by atoms with Crippen LogP contribution in [-0.4, -0.2) is 68.3 Å². The summed E-state index contributed by atoms with van der Waals surface area (Å²) in [6.07, 6.45) is 5.62. The van der Waals surface area contributed by atoms with Gasteiger partial charge in [-0.1, -0.05) is 6.07 Å². The standard InChI is InChI=1S/C18H29N3O2/c1-20-14-18(11-16(20)13-22-2)6-9-21(10-7-18)12-15-5-4-8-19-17(15)23-3/h4-5,8,16H,6-7,9-14H2,1-3H3/t16-/m0/s1. The van der Waals surface area contributed by atoms with Crippen LogP contribution in [0, 0.1) is 5.41 Å². The zero-order valence-corrected chi connectivity index (χ0v) is 14.6. The highest BCUT2D eigenvalue weighted by molar-refractivity contribution is 5.25. The molecule has 1 atom stereocenters.